The maximum atomic E-state index is 11.2. The van der Waals surface area contributed by atoms with E-state index in [9.17, 15) is 4.79 Å². The summed E-state index contributed by atoms with van der Waals surface area (Å²) in [5.41, 5.74) is 8.95. The lowest BCUT2D eigenvalue weighted by Crippen LogP contribution is -2.11. The molecule has 0 bridgehead atoms. The Kier molecular flexibility index (Phi) is 4.61. The van der Waals surface area contributed by atoms with Gasteiger partial charge in [0.25, 0.3) is 0 Å². The Morgan fingerprint density at radius 1 is 1.24 bits per heavy atom. The van der Waals surface area contributed by atoms with E-state index in [4.69, 9.17) is 11.1 Å². The van der Waals surface area contributed by atoms with Gasteiger partial charge in [0.05, 0.1) is 0 Å². The molecule has 0 spiro atoms. The van der Waals surface area contributed by atoms with Crippen LogP contribution in [0.1, 0.15) is 18.1 Å². The number of anilines is 1. The number of amidine groups is 1. The molecular formula is C19H19N5O. The van der Waals surface area contributed by atoms with Crippen LogP contribution in [0.2, 0.25) is 0 Å². The van der Waals surface area contributed by atoms with E-state index < -0.39 is 0 Å². The highest BCUT2D eigenvalue weighted by Gasteiger charge is 2.08. The lowest BCUT2D eigenvalue weighted by molar-refractivity contribution is -0.114. The Morgan fingerprint density at radius 3 is 2.80 bits per heavy atom. The first kappa shape index (κ1) is 16.4. The van der Waals surface area contributed by atoms with Crippen LogP contribution in [0, 0.1) is 5.41 Å². The molecule has 0 fully saturated rings. The summed E-state index contributed by atoms with van der Waals surface area (Å²) in [6.07, 6.45) is 3.65. The highest BCUT2D eigenvalue weighted by Crippen LogP contribution is 2.22. The zero-order chi connectivity index (χ0) is 17.8. The van der Waals surface area contributed by atoms with Crippen molar-refractivity contribution in [3.8, 4) is 11.4 Å². The van der Waals surface area contributed by atoms with Crippen LogP contribution in [-0.2, 0) is 11.3 Å². The molecule has 126 valence electrons. The van der Waals surface area contributed by atoms with Crippen LogP contribution >= 0.6 is 0 Å². The summed E-state index contributed by atoms with van der Waals surface area (Å²) in [5, 5.41) is 10.3. The molecule has 0 saturated carbocycles. The van der Waals surface area contributed by atoms with Crippen molar-refractivity contribution in [2.24, 2.45) is 5.73 Å². The molecule has 1 heterocycles. The second-order valence-corrected chi connectivity index (χ2v) is 5.75. The fourth-order valence-electron chi connectivity index (χ4n) is 2.67. The van der Waals surface area contributed by atoms with Crippen molar-refractivity contribution in [3.63, 3.8) is 0 Å². The lowest BCUT2D eigenvalue weighted by atomic mass is 10.1. The summed E-state index contributed by atoms with van der Waals surface area (Å²) < 4.78 is 2.02. The minimum Gasteiger partial charge on any atom is -0.384 e. The first-order chi connectivity index (χ1) is 12.0. The van der Waals surface area contributed by atoms with Gasteiger partial charge in [-0.2, -0.15) is 0 Å². The molecule has 4 N–H and O–H groups in total. The molecule has 3 rings (SSSR count). The topological polar surface area (TPSA) is 96.8 Å². The maximum absolute atomic E-state index is 11.2. The van der Waals surface area contributed by atoms with Crippen LogP contribution in [-0.4, -0.2) is 21.3 Å². The zero-order valence-electron chi connectivity index (χ0n) is 13.9. The number of rotatable bonds is 5. The fourth-order valence-corrected chi connectivity index (χ4v) is 2.67. The SMILES string of the molecule is CC(=O)Nc1cccc(-c2nccn2Cc2cccc(C(=N)N)c2)c1. The van der Waals surface area contributed by atoms with Gasteiger partial charge in [0.2, 0.25) is 5.91 Å². The number of nitrogens with one attached hydrogen (secondary N) is 2. The van der Waals surface area contributed by atoms with Gasteiger partial charge in [0.15, 0.2) is 0 Å². The molecule has 0 aliphatic rings. The Hall–Kier alpha value is -3.41. The van der Waals surface area contributed by atoms with Crippen molar-refractivity contribution < 1.29 is 4.79 Å². The van der Waals surface area contributed by atoms with Gasteiger partial charge in [-0.25, -0.2) is 4.98 Å². The van der Waals surface area contributed by atoms with Crippen molar-refractivity contribution in [1.82, 2.24) is 9.55 Å². The molecule has 1 aromatic heterocycles. The molecule has 6 nitrogen and oxygen atoms in total. The number of nitrogen functional groups attached to an aromatic ring is 1. The second-order valence-electron chi connectivity index (χ2n) is 5.75. The number of nitrogens with zero attached hydrogens (tertiary/aromatic N) is 2. The normalized spacial score (nSPS) is 10.4. The van der Waals surface area contributed by atoms with Crippen LogP contribution in [0.25, 0.3) is 11.4 Å². The van der Waals surface area contributed by atoms with E-state index in [-0.39, 0.29) is 11.7 Å². The van der Waals surface area contributed by atoms with Gasteiger partial charge in [0, 0.05) is 42.7 Å². The van der Waals surface area contributed by atoms with Gasteiger partial charge < -0.3 is 15.6 Å². The Balaban J connectivity index is 1.89. The van der Waals surface area contributed by atoms with Crippen LogP contribution in [0.3, 0.4) is 0 Å². The third kappa shape index (κ3) is 3.92. The third-order valence-corrected chi connectivity index (χ3v) is 3.75. The van der Waals surface area contributed by atoms with E-state index in [1.54, 1.807) is 6.20 Å². The summed E-state index contributed by atoms with van der Waals surface area (Å²) in [6.45, 7) is 2.09. The highest BCUT2D eigenvalue weighted by molar-refractivity contribution is 5.95. The van der Waals surface area contributed by atoms with Crippen molar-refractivity contribution in [2.45, 2.75) is 13.5 Å². The predicted molar refractivity (Wildman–Crippen MR) is 98.5 cm³/mol. The molecule has 6 heteroatoms. The van der Waals surface area contributed by atoms with Gasteiger partial charge in [-0.1, -0.05) is 30.3 Å². The molecule has 0 unspecified atom stereocenters. The number of carbonyl (C=O) groups is 1. The number of imidazole rings is 1. The average Bonchev–Trinajstić information content (AvgIpc) is 3.03. The molecule has 0 saturated heterocycles. The van der Waals surface area contributed by atoms with E-state index in [2.05, 4.69) is 10.3 Å². The average molecular weight is 333 g/mol. The maximum Gasteiger partial charge on any atom is 0.221 e. The van der Waals surface area contributed by atoms with Crippen molar-refractivity contribution in [1.29, 1.82) is 5.41 Å². The fraction of sp³-hybridized carbons (Fsp3) is 0.105. The summed E-state index contributed by atoms with van der Waals surface area (Å²) in [6, 6.07) is 15.2. The van der Waals surface area contributed by atoms with Gasteiger partial charge in [0.1, 0.15) is 11.7 Å². The van der Waals surface area contributed by atoms with Gasteiger partial charge in [-0.15, -0.1) is 0 Å². The molecule has 3 aromatic rings. The van der Waals surface area contributed by atoms with E-state index in [1.807, 2.05) is 59.3 Å². The first-order valence-electron chi connectivity index (χ1n) is 7.85. The molecule has 0 atom stereocenters. The number of hydrogen-bond donors (Lipinski definition) is 3. The minimum atomic E-state index is -0.110. The van der Waals surface area contributed by atoms with Crippen LogP contribution in [0.15, 0.2) is 60.9 Å². The van der Waals surface area contributed by atoms with E-state index >= 15 is 0 Å². The predicted octanol–water partition coefficient (Wildman–Crippen LogP) is 2.84. The summed E-state index contributed by atoms with van der Waals surface area (Å²) in [4.78, 5) is 15.7. The van der Waals surface area contributed by atoms with Crippen molar-refractivity contribution >= 4 is 17.4 Å². The van der Waals surface area contributed by atoms with E-state index in [1.165, 1.54) is 6.92 Å². The summed E-state index contributed by atoms with van der Waals surface area (Å²) in [5.74, 6) is 0.748. The van der Waals surface area contributed by atoms with E-state index in [0.717, 1.165) is 22.6 Å². The second kappa shape index (κ2) is 7.00. The molecule has 0 radical (unpaired) electrons. The number of hydrogen-bond acceptors (Lipinski definition) is 3. The standard InChI is InChI=1S/C19H19N5O/c1-13(25)23-17-7-3-6-16(11-17)19-22-8-9-24(19)12-14-4-2-5-15(10-14)18(20)21/h2-11H,12H2,1H3,(H3,20,21)(H,23,25). The van der Waals surface area contributed by atoms with Crippen LogP contribution in [0.5, 0.6) is 0 Å². The highest BCUT2D eigenvalue weighted by atomic mass is 16.1. The minimum absolute atomic E-state index is 0.0516. The molecular weight excluding hydrogens is 314 g/mol. The smallest absolute Gasteiger partial charge is 0.221 e. The largest absolute Gasteiger partial charge is 0.384 e. The van der Waals surface area contributed by atoms with Crippen LogP contribution < -0.4 is 11.1 Å². The quantitative estimate of drug-likeness (QED) is 0.495. The Morgan fingerprint density at radius 2 is 2.04 bits per heavy atom. The number of nitrogens with two attached hydrogens (primary N) is 1. The zero-order valence-corrected chi connectivity index (χ0v) is 13.9. The monoisotopic (exact) mass is 333 g/mol. The molecule has 0 aliphatic heterocycles. The lowest BCUT2D eigenvalue weighted by Gasteiger charge is -2.10. The summed E-state index contributed by atoms with van der Waals surface area (Å²) in [7, 11) is 0. The third-order valence-electron chi connectivity index (χ3n) is 3.75. The van der Waals surface area contributed by atoms with Crippen molar-refractivity contribution in [3.05, 3.63) is 72.1 Å². The van der Waals surface area contributed by atoms with E-state index in [0.29, 0.717) is 12.1 Å². The number of amides is 1. The van der Waals surface area contributed by atoms with Crippen LogP contribution in [0.4, 0.5) is 5.69 Å². The molecule has 1 amide bonds. The van der Waals surface area contributed by atoms with Crippen molar-refractivity contribution in [2.75, 3.05) is 5.32 Å². The van der Waals surface area contributed by atoms with Gasteiger partial charge in [-0.05, 0) is 23.8 Å². The summed E-state index contributed by atoms with van der Waals surface area (Å²) >= 11 is 0. The Labute approximate surface area is 145 Å². The Bertz CT molecular complexity index is 929. The number of carbonyl (C=O) groups excluding carboxylic acids is 1. The van der Waals surface area contributed by atoms with Gasteiger partial charge in [-0.3, -0.25) is 10.2 Å². The van der Waals surface area contributed by atoms with Gasteiger partial charge >= 0.3 is 0 Å². The molecule has 0 aliphatic carbocycles. The number of aromatic nitrogens is 2. The molecule has 2 aromatic carbocycles. The number of benzene rings is 2. The molecule has 25 heavy (non-hydrogen) atoms. The first-order valence-corrected chi connectivity index (χ1v) is 7.85.